The van der Waals surface area contributed by atoms with E-state index >= 15 is 0 Å². The molecule has 10 heteroatoms. The number of hydrogen-bond donors (Lipinski definition) is 1. The molecule has 0 unspecified atom stereocenters. The quantitative estimate of drug-likeness (QED) is 0.560. The standard InChI is InChI=1S/C24H31FN4O5/c1-3-34-22(31)14-27(2)21(30)13-28-23(32)17-10-18(25)19(26-12-15-8-9-15)11-20(17)29(24(28)33)16-6-4-5-7-16/h10-11,15-16,26H,3-9,12-14H2,1-2H3. The molecule has 1 heterocycles. The Bertz CT molecular complexity index is 1210. The molecule has 1 aromatic heterocycles. The molecule has 0 saturated heterocycles. The van der Waals surface area contributed by atoms with Crippen molar-refractivity contribution in [1.29, 1.82) is 0 Å². The van der Waals surface area contributed by atoms with Crippen LogP contribution in [0.25, 0.3) is 10.9 Å². The van der Waals surface area contributed by atoms with E-state index in [-0.39, 0.29) is 30.3 Å². The fourth-order valence-electron chi connectivity index (χ4n) is 4.51. The van der Waals surface area contributed by atoms with Gasteiger partial charge in [-0.05, 0) is 50.7 Å². The van der Waals surface area contributed by atoms with Crippen LogP contribution in [0.2, 0.25) is 0 Å². The molecule has 0 spiro atoms. The van der Waals surface area contributed by atoms with E-state index in [4.69, 9.17) is 4.74 Å². The van der Waals surface area contributed by atoms with Gasteiger partial charge in [-0.25, -0.2) is 9.18 Å². The number of esters is 1. The Hall–Kier alpha value is -3.17. The van der Waals surface area contributed by atoms with Crippen LogP contribution in [0.15, 0.2) is 21.7 Å². The van der Waals surface area contributed by atoms with Crippen LogP contribution < -0.4 is 16.6 Å². The first-order chi connectivity index (χ1) is 16.3. The van der Waals surface area contributed by atoms with Gasteiger partial charge < -0.3 is 15.0 Å². The second kappa shape index (κ2) is 9.99. The number of hydrogen-bond acceptors (Lipinski definition) is 6. The van der Waals surface area contributed by atoms with Gasteiger partial charge in [0.05, 0.1) is 23.2 Å². The molecule has 2 fully saturated rings. The van der Waals surface area contributed by atoms with E-state index in [9.17, 15) is 23.6 Å². The first kappa shape index (κ1) is 24.0. The lowest BCUT2D eigenvalue weighted by Gasteiger charge is -2.21. The maximum atomic E-state index is 14.9. The zero-order valence-electron chi connectivity index (χ0n) is 19.6. The summed E-state index contributed by atoms with van der Waals surface area (Å²) in [4.78, 5) is 52.3. The molecule has 1 aromatic carbocycles. The van der Waals surface area contributed by atoms with E-state index in [0.29, 0.717) is 18.0 Å². The maximum Gasteiger partial charge on any atom is 0.332 e. The molecule has 2 aliphatic rings. The Morgan fingerprint density at radius 1 is 1.18 bits per heavy atom. The van der Waals surface area contributed by atoms with Crippen LogP contribution in [-0.4, -0.2) is 52.7 Å². The smallest absolute Gasteiger partial charge is 0.332 e. The number of rotatable bonds is 9. The van der Waals surface area contributed by atoms with Crippen molar-refractivity contribution in [3.05, 3.63) is 38.8 Å². The molecule has 0 bridgehead atoms. The van der Waals surface area contributed by atoms with Gasteiger partial charge in [0.1, 0.15) is 18.9 Å². The lowest BCUT2D eigenvalue weighted by Crippen LogP contribution is -2.45. The predicted molar refractivity (Wildman–Crippen MR) is 125 cm³/mol. The summed E-state index contributed by atoms with van der Waals surface area (Å²) in [5.41, 5.74) is -0.667. The fourth-order valence-corrected chi connectivity index (χ4v) is 4.51. The van der Waals surface area contributed by atoms with Gasteiger partial charge in [-0.2, -0.15) is 0 Å². The molecule has 9 nitrogen and oxygen atoms in total. The van der Waals surface area contributed by atoms with Gasteiger partial charge >= 0.3 is 11.7 Å². The molecular formula is C24H31FN4O5. The molecule has 1 amide bonds. The molecule has 0 radical (unpaired) electrons. The number of nitrogens with zero attached hydrogens (tertiary/aromatic N) is 3. The number of benzene rings is 1. The Morgan fingerprint density at radius 3 is 2.53 bits per heavy atom. The predicted octanol–water partition coefficient (Wildman–Crippen LogP) is 2.26. The Kier molecular flexibility index (Phi) is 7.04. The van der Waals surface area contributed by atoms with Crippen LogP contribution in [0, 0.1) is 11.7 Å². The van der Waals surface area contributed by atoms with Crippen molar-refractivity contribution in [2.24, 2.45) is 5.92 Å². The molecule has 0 aliphatic heterocycles. The number of likely N-dealkylation sites (N-methyl/N-ethyl adjacent to an activating group) is 1. The van der Waals surface area contributed by atoms with Crippen LogP contribution in [0.5, 0.6) is 0 Å². The Labute approximate surface area is 196 Å². The second-order valence-electron chi connectivity index (χ2n) is 9.21. The molecular weight excluding hydrogens is 443 g/mol. The van der Waals surface area contributed by atoms with Crippen molar-refractivity contribution < 1.29 is 18.7 Å². The second-order valence-corrected chi connectivity index (χ2v) is 9.21. The monoisotopic (exact) mass is 474 g/mol. The number of halogens is 1. The summed E-state index contributed by atoms with van der Waals surface area (Å²) in [5, 5.41) is 3.17. The van der Waals surface area contributed by atoms with Gasteiger partial charge in [0.15, 0.2) is 0 Å². The van der Waals surface area contributed by atoms with E-state index in [1.54, 1.807) is 17.6 Å². The number of ether oxygens (including phenoxy) is 1. The van der Waals surface area contributed by atoms with E-state index in [1.165, 1.54) is 7.05 Å². The van der Waals surface area contributed by atoms with Crippen molar-refractivity contribution in [3.8, 4) is 0 Å². The summed E-state index contributed by atoms with van der Waals surface area (Å²) >= 11 is 0. The highest BCUT2D eigenvalue weighted by Gasteiger charge is 2.26. The highest BCUT2D eigenvalue weighted by Crippen LogP contribution is 2.33. The van der Waals surface area contributed by atoms with Gasteiger partial charge in [0, 0.05) is 19.6 Å². The van der Waals surface area contributed by atoms with E-state index in [0.717, 1.165) is 54.1 Å². The lowest BCUT2D eigenvalue weighted by molar-refractivity contribution is -0.148. The molecule has 0 atom stereocenters. The summed E-state index contributed by atoms with van der Waals surface area (Å²) in [6.07, 6.45) is 5.66. The molecule has 2 saturated carbocycles. The summed E-state index contributed by atoms with van der Waals surface area (Å²) in [6.45, 7) is 1.65. The molecule has 4 rings (SSSR count). The van der Waals surface area contributed by atoms with E-state index in [1.807, 2.05) is 0 Å². The van der Waals surface area contributed by atoms with Crippen LogP contribution in [0.3, 0.4) is 0 Å². The molecule has 2 aromatic rings. The van der Waals surface area contributed by atoms with Crippen LogP contribution in [-0.2, 0) is 20.9 Å². The van der Waals surface area contributed by atoms with Gasteiger partial charge in [0.2, 0.25) is 5.91 Å². The van der Waals surface area contributed by atoms with Crippen molar-refractivity contribution in [3.63, 3.8) is 0 Å². The number of fused-ring (bicyclic) bond motifs is 1. The lowest BCUT2D eigenvalue weighted by atomic mass is 10.1. The van der Waals surface area contributed by atoms with Gasteiger partial charge in [-0.15, -0.1) is 0 Å². The minimum atomic E-state index is -0.722. The number of nitrogens with one attached hydrogen (secondary N) is 1. The first-order valence-electron chi connectivity index (χ1n) is 11.9. The summed E-state index contributed by atoms with van der Waals surface area (Å²) in [7, 11) is 1.40. The average molecular weight is 475 g/mol. The number of carbonyl (C=O) groups is 2. The zero-order chi connectivity index (χ0) is 24.4. The summed E-state index contributed by atoms with van der Waals surface area (Å²) < 4.78 is 22.1. The maximum absolute atomic E-state index is 14.9. The molecule has 34 heavy (non-hydrogen) atoms. The Morgan fingerprint density at radius 2 is 1.88 bits per heavy atom. The minimum Gasteiger partial charge on any atom is -0.465 e. The number of anilines is 1. The topological polar surface area (TPSA) is 103 Å². The van der Waals surface area contributed by atoms with E-state index < -0.39 is 35.5 Å². The van der Waals surface area contributed by atoms with Gasteiger partial charge in [-0.3, -0.25) is 23.5 Å². The average Bonchev–Trinajstić information content (AvgIpc) is 3.48. The first-order valence-corrected chi connectivity index (χ1v) is 11.9. The third-order valence-corrected chi connectivity index (χ3v) is 6.62. The largest absolute Gasteiger partial charge is 0.465 e. The van der Waals surface area contributed by atoms with E-state index in [2.05, 4.69) is 5.32 Å². The Balaban J connectivity index is 1.74. The van der Waals surface area contributed by atoms with Crippen LogP contribution >= 0.6 is 0 Å². The van der Waals surface area contributed by atoms with Crippen molar-refractivity contribution in [2.45, 2.75) is 58.0 Å². The normalized spacial score (nSPS) is 16.1. The highest BCUT2D eigenvalue weighted by molar-refractivity contribution is 5.84. The zero-order valence-corrected chi connectivity index (χ0v) is 19.6. The van der Waals surface area contributed by atoms with Crippen LogP contribution in [0.1, 0.15) is 51.5 Å². The van der Waals surface area contributed by atoms with Crippen molar-refractivity contribution >= 4 is 28.5 Å². The minimum absolute atomic E-state index is 0.0572. The number of aromatic nitrogens is 2. The van der Waals surface area contributed by atoms with Gasteiger partial charge in [0.25, 0.3) is 5.56 Å². The van der Waals surface area contributed by atoms with Crippen LogP contribution in [0.4, 0.5) is 10.1 Å². The molecule has 184 valence electrons. The number of carbonyl (C=O) groups excluding carboxylic acids is 2. The fraction of sp³-hybridized carbons (Fsp3) is 0.583. The number of amides is 1. The summed E-state index contributed by atoms with van der Waals surface area (Å²) in [6, 6.07) is 2.57. The SMILES string of the molecule is CCOC(=O)CN(C)C(=O)Cn1c(=O)c2cc(F)c(NCC3CC3)cc2n(C2CCCC2)c1=O. The molecule has 2 aliphatic carbocycles. The van der Waals surface area contributed by atoms with Crippen molar-refractivity contribution in [2.75, 3.05) is 32.1 Å². The van der Waals surface area contributed by atoms with Crippen molar-refractivity contribution in [1.82, 2.24) is 14.0 Å². The summed E-state index contributed by atoms with van der Waals surface area (Å²) in [5.74, 6) is -1.22. The third kappa shape index (κ3) is 5.00. The third-order valence-electron chi connectivity index (χ3n) is 6.62. The van der Waals surface area contributed by atoms with Gasteiger partial charge in [-0.1, -0.05) is 12.8 Å². The highest BCUT2D eigenvalue weighted by atomic mass is 19.1. The molecule has 1 N–H and O–H groups in total.